The van der Waals surface area contributed by atoms with Crippen LogP contribution in [0.3, 0.4) is 0 Å². The van der Waals surface area contributed by atoms with E-state index < -0.39 is 34.8 Å². The number of hydrogen-bond donors (Lipinski definition) is 0. The van der Waals surface area contributed by atoms with Crippen LogP contribution in [0.1, 0.15) is 56.2 Å². The van der Waals surface area contributed by atoms with Gasteiger partial charge in [-0.2, -0.15) is 18.2 Å². The van der Waals surface area contributed by atoms with Crippen LogP contribution in [0.5, 0.6) is 0 Å². The third-order valence-electron chi connectivity index (χ3n) is 5.20. The molecule has 0 spiro atoms. The number of halogens is 4. The van der Waals surface area contributed by atoms with Crippen molar-refractivity contribution in [1.29, 1.82) is 0 Å². The van der Waals surface area contributed by atoms with E-state index in [0.29, 0.717) is 12.7 Å². The molecule has 1 aromatic heterocycles. The molecule has 0 N–H and O–H groups in total. The Labute approximate surface area is 183 Å². The van der Waals surface area contributed by atoms with E-state index in [1.165, 1.54) is 0 Å². The van der Waals surface area contributed by atoms with Crippen molar-refractivity contribution in [3.05, 3.63) is 52.4 Å². The molecule has 2 aromatic rings. The van der Waals surface area contributed by atoms with Gasteiger partial charge in [0.2, 0.25) is 0 Å². The minimum atomic E-state index is -4.92. The number of hydrogen-bond acceptors (Lipinski definition) is 3. The number of ether oxygens (including phenoxy) is 2. The molecule has 32 heavy (non-hydrogen) atoms. The summed E-state index contributed by atoms with van der Waals surface area (Å²) in [6.45, 7) is 10.1. The molecule has 1 fully saturated rings. The second kappa shape index (κ2) is 8.15. The lowest BCUT2D eigenvalue weighted by atomic mass is 9.92. The molecule has 0 radical (unpaired) electrons. The number of nitrogens with zero attached hydrogens (tertiary/aromatic N) is 3. The number of alkyl halides is 3. The van der Waals surface area contributed by atoms with E-state index in [-0.39, 0.29) is 23.6 Å². The molecule has 6 nitrogen and oxygen atoms in total. The molecule has 1 saturated heterocycles. The fraction of sp³-hybridized carbons (Fsp3) is 0.545. The molecule has 176 valence electrons. The molecule has 1 aliphatic heterocycles. The summed E-state index contributed by atoms with van der Waals surface area (Å²) in [5, 5.41) is 0. The molecule has 0 bridgehead atoms. The van der Waals surface area contributed by atoms with Gasteiger partial charge in [0.05, 0.1) is 24.3 Å². The smallest absolute Gasteiger partial charge is 0.348 e. The zero-order valence-corrected chi connectivity index (χ0v) is 18.9. The molecule has 10 heteroatoms. The summed E-state index contributed by atoms with van der Waals surface area (Å²) in [6, 6.07) is 4.24. The maximum absolute atomic E-state index is 14.5. The van der Waals surface area contributed by atoms with E-state index in [0.717, 1.165) is 17.8 Å². The van der Waals surface area contributed by atoms with Crippen LogP contribution in [0, 0.1) is 5.82 Å². The molecular formula is C22H27F4N3O3. The van der Waals surface area contributed by atoms with Crippen LogP contribution in [-0.4, -0.2) is 33.8 Å². The highest BCUT2D eigenvalue weighted by atomic mass is 19.4. The Morgan fingerprint density at radius 3 is 2.44 bits per heavy atom. The summed E-state index contributed by atoms with van der Waals surface area (Å²) in [7, 11) is 1.79. The van der Waals surface area contributed by atoms with Crippen molar-refractivity contribution in [1.82, 2.24) is 9.36 Å². The van der Waals surface area contributed by atoms with Gasteiger partial charge in [0, 0.05) is 24.2 Å². The fourth-order valence-electron chi connectivity index (χ4n) is 3.71. The Morgan fingerprint density at radius 1 is 1.25 bits per heavy atom. The predicted molar refractivity (Wildman–Crippen MR) is 108 cm³/mol. The van der Waals surface area contributed by atoms with Crippen molar-refractivity contribution < 1.29 is 31.8 Å². The van der Waals surface area contributed by atoms with Crippen molar-refractivity contribution in [2.24, 2.45) is 12.0 Å². The van der Waals surface area contributed by atoms with Gasteiger partial charge in [-0.3, -0.25) is 14.2 Å². The zero-order chi connectivity index (χ0) is 24.1. The first-order valence-corrected chi connectivity index (χ1v) is 10.1. The minimum Gasteiger partial charge on any atom is -0.348 e. The van der Waals surface area contributed by atoms with E-state index in [4.69, 9.17) is 9.47 Å². The summed E-state index contributed by atoms with van der Waals surface area (Å²) in [5.74, 6) is -3.49. The van der Waals surface area contributed by atoms with Crippen molar-refractivity contribution in [3.8, 4) is 0 Å². The SMILES string of the molecule is Cn1c(C(C)(C)C)cc(=NC(=O)c2cccc(C(F)(F)F)c2F)n1C[C@@H]1COC(C)(C)O1. The van der Waals surface area contributed by atoms with Gasteiger partial charge in [-0.25, -0.2) is 4.39 Å². The van der Waals surface area contributed by atoms with Crippen LogP contribution in [-0.2, 0) is 34.7 Å². The Morgan fingerprint density at radius 2 is 1.91 bits per heavy atom. The summed E-state index contributed by atoms with van der Waals surface area (Å²) in [5.41, 5.74) is -1.55. The van der Waals surface area contributed by atoms with Crippen LogP contribution in [0.4, 0.5) is 17.6 Å². The van der Waals surface area contributed by atoms with Crippen LogP contribution in [0.2, 0.25) is 0 Å². The molecule has 0 saturated carbocycles. The monoisotopic (exact) mass is 457 g/mol. The van der Waals surface area contributed by atoms with Crippen LogP contribution >= 0.6 is 0 Å². The maximum atomic E-state index is 14.5. The number of carbonyl (C=O) groups is 1. The lowest BCUT2D eigenvalue weighted by Gasteiger charge is -2.22. The van der Waals surface area contributed by atoms with E-state index in [9.17, 15) is 22.4 Å². The molecule has 2 heterocycles. The Hall–Kier alpha value is -2.46. The Kier molecular flexibility index (Phi) is 6.16. The van der Waals surface area contributed by atoms with E-state index in [1.807, 2.05) is 25.5 Å². The number of aromatic nitrogens is 2. The van der Waals surface area contributed by atoms with Gasteiger partial charge in [0.25, 0.3) is 5.91 Å². The van der Waals surface area contributed by atoms with Gasteiger partial charge in [0.1, 0.15) is 11.9 Å². The number of rotatable bonds is 3. The van der Waals surface area contributed by atoms with E-state index in [2.05, 4.69) is 4.99 Å². The minimum absolute atomic E-state index is 0.188. The second-order valence-corrected chi connectivity index (χ2v) is 9.28. The van der Waals surface area contributed by atoms with Crippen LogP contribution in [0.25, 0.3) is 0 Å². The molecule has 3 rings (SSSR count). The average Bonchev–Trinajstić information content (AvgIpc) is 3.14. The van der Waals surface area contributed by atoms with Crippen LogP contribution < -0.4 is 5.49 Å². The van der Waals surface area contributed by atoms with Gasteiger partial charge >= 0.3 is 6.18 Å². The highest BCUT2D eigenvalue weighted by Crippen LogP contribution is 2.32. The van der Waals surface area contributed by atoms with Gasteiger partial charge < -0.3 is 9.47 Å². The quantitative estimate of drug-likeness (QED) is 0.650. The zero-order valence-electron chi connectivity index (χ0n) is 18.9. The van der Waals surface area contributed by atoms with Gasteiger partial charge in [-0.15, -0.1) is 0 Å². The highest BCUT2D eigenvalue weighted by Gasteiger charge is 2.36. The third kappa shape index (κ3) is 4.96. The fourth-order valence-corrected chi connectivity index (χ4v) is 3.71. The molecule has 1 aromatic carbocycles. The number of benzene rings is 1. The van der Waals surface area contributed by atoms with Crippen molar-refractivity contribution >= 4 is 5.91 Å². The molecule has 0 unspecified atom stereocenters. The lowest BCUT2D eigenvalue weighted by Crippen LogP contribution is -2.32. The topological polar surface area (TPSA) is 57.8 Å². The predicted octanol–water partition coefficient (Wildman–Crippen LogP) is 4.17. The first-order chi connectivity index (χ1) is 14.6. The standard InChI is InChI=1S/C22H27F4N3O3/c1-20(2,3)16-10-17(29(28(16)6)11-13-12-31-21(4,5)32-13)27-19(30)14-8-7-9-15(18(14)23)22(24,25)26/h7-10,13H,11-12H2,1-6H3/t13-/m1/s1. The van der Waals surface area contributed by atoms with Crippen LogP contribution in [0.15, 0.2) is 29.3 Å². The molecule has 1 aliphatic rings. The summed E-state index contributed by atoms with van der Waals surface area (Å²) >= 11 is 0. The van der Waals surface area contributed by atoms with E-state index in [1.54, 1.807) is 31.6 Å². The van der Waals surface area contributed by atoms with Crippen molar-refractivity contribution in [3.63, 3.8) is 0 Å². The lowest BCUT2D eigenvalue weighted by molar-refractivity contribution is -0.140. The first-order valence-electron chi connectivity index (χ1n) is 10.1. The largest absolute Gasteiger partial charge is 0.419 e. The van der Waals surface area contributed by atoms with E-state index >= 15 is 0 Å². The second-order valence-electron chi connectivity index (χ2n) is 9.28. The van der Waals surface area contributed by atoms with Gasteiger partial charge in [0.15, 0.2) is 11.3 Å². The normalized spacial score (nSPS) is 19.6. The maximum Gasteiger partial charge on any atom is 0.419 e. The van der Waals surface area contributed by atoms with Crippen molar-refractivity contribution in [2.75, 3.05) is 6.61 Å². The number of carbonyl (C=O) groups excluding carboxylic acids is 1. The Bertz CT molecular complexity index is 1090. The highest BCUT2D eigenvalue weighted by molar-refractivity contribution is 5.95. The molecular weight excluding hydrogens is 430 g/mol. The summed E-state index contributed by atoms with van der Waals surface area (Å²) in [4.78, 5) is 16.7. The molecule has 1 atom stereocenters. The summed E-state index contributed by atoms with van der Waals surface area (Å²) in [6.07, 6.45) is -5.25. The van der Waals surface area contributed by atoms with Crippen molar-refractivity contribution in [2.45, 2.75) is 64.6 Å². The molecule has 1 amide bonds. The van der Waals surface area contributed by atoms with Gasteiger partial charge in [-0.1, -0.05) is 26.8 Å². The molecule has 0 aliphatic carbocycles. The third-order valence-corrected chi connectivity index (χ3v) is 5.20. The summed E-state index contributed by atoms with van der Waals surface area (Å²) < 4.78 is 68.5. The first kappa shape index (κ1) is 24.2. The number of amides is 1. The Balaban J connectivity index is 2.08. The van der Waals surface area contributed by atoms with Gasteiger partial charge in [-0.05, 0) is 26.0 Å². The average molecular weight is 457 g/mol.